The highest BCUT2D eigenvalue weighted by Gasteiger charge is 2.52. The number of aliphatic hydroxyl groups is 1. The molecule has 1 aliphatic carbocycles. The second-order valence-electron chi connectivity index (χ2n) is 6.55. The molecular formula is C14H26N3O4S+. The van der Waals surface area contributed by atoms with Crippen molar-refractivity contribution in [2.45, 2.75) is 70.1 Å². The van der Waals surface area contributed by atoms with Crippen molar-refractivity contribution in [2.75, 3.05) is 6.61 Å². The van der Waals surface area contributed by atoms with Crippen LogP contribution < -0.4 is 4.72 Å². The number of nitrogens with zero attached hydrogens (tertiary/aromatic N) is 2. The molecule has 0 spiro atoms. The fraction of sp³-hybridized carbons (Fsp3) is 0.857. The van der Waals surface area contributed by atoms with Crippen LogP contribution in [-0.2, 0) is 14.8 Å². The molecule has 0 amide bonds. The van der Waals surface area contributed by atoms with E-state index in [0.29, 0.717) is 12.8 Å². The van der Waals surface area contributed by atoms with E-state index in [9.17, 15) is 18.9 Å². The Bertz CT molecular complexity index is 564. The Balaban J connectivity index is 3.33. The summed E-state index contributed by atoms with van der Waals surface area (Å²) in [5.41, 5.74) is -1.29. The zero-order valence-corrected chi connectivity index (χ0v) is 14.5. The molecule has 0 unspecified atom stereocenters. The van der Waals surface area contributed by atoms with Crippen LogP contribution in [0.5, 0.6) is 0 Å². The normalized spacial score (nSPS) is 20.0. The van der Waals surface area contributed by atoms with Crippen LogP contribution in [-0.4, -0.2) is 30.4 Å². The Kier molecular flexibility index (Phi) is 5.82. The minimum Gasteiger partial charge on any atom is -0.475 e. The van der Waals surface area contributed by atoms with Gasteiger partial charge >= 0.3 is 11.6 Å². The number of diazo groups is 1. The Morgan fingerprint density at radius 1 is 1.32 bits per heavy atom. The standard InChI is InChI=1S/C14H25N3O4S/c1-5-21-12(18)11(16-15)14(9-7-6-8-10-14)17-22(19,20)13(2,3)4/h17H,5-10H2,1-4H3/p+1/b12-11-. The van der Waals surface area contributed by atoms with E-state index >= 15 is 0 Å². The van der Waals surface area contributed by atoms with Crippen LogP contribution in [0.2, 0.25) is 0 Å². The van der Waals surface area contributed by atoms with E-state index in [1.807, 2.05) is 0 Å². The highest BCUT2D eigenvalue weighted by molar-refractivity contribution is 7.90. The molecule has 0 aromatic heterocycles. The lowest BCUT2D eigenvalue weighted by Gasteiger charge is -2.34. The molecule has 1 saturated carbocycles. The van der Waals surface area contributed by atoms with E-state index in [0.717, 1.165) is 19.3 Å². The molecule has 0 bridgehead atoms. The van der Waals surface area contributed by atoms with Gasteiger partial charge in [0.1, 0.15) is 5.54 Å². The van der Waals surface area contributed by atoms with E-state index in [1.54, 1.807) is 27.7 Å². The smallest absolute Gasteiger partial charge is 0.461 e. The predicted octanol–water partition coefficient (Wildman–Crippen LogP) is 3.02. The topological polar surface area (TPSA) is 104 Å². The molecule has 0 saturated heterocycles. The molecule has 8 heteroatoms. The fourth-order valence-corrected chi connectivity index (χ4v) is 3.62. The second kappa shape index (κ2) is 6.84. The monoisotopic (exact) mass is 332 g/mol. The number of ether oxygens (including phenoxy) is 1. The zero-order chi connectivity index (χ0) is 17.0. The lowest BCUT2D eigenvalue weighted by molar-refractivity contribution is 0.0916. The van der Waals surface area contributed by atoms with Crippen molar-refractivity contribution >= 4 is 10.0 Å². The summed E-state index contributed by atoms with van der Waals surface area (Å²) < 4.78 is 31.8. The molecule has 0 aliphatic heterocycles. The number of sulfonamides is 1. The van der Waals surface area contributed by atoms with E-state index < -0.39 is 26.3 Å². The molecule has 0 aromatic carbocycles. The summed E-state index contributed by atoms with van der Waals surface area (Å²) in [7, 11) is -3.68. The lowest BCUT2D eigenvalue weighted by atomic mass is 9.80. The van der Waals surface area contributed by atoms with Gasteiger partial charge in [-0.25, -0.2) is 8.42 Å². The quantitative estimate of drug-likeness (QED) is 0.595. The first-order valence-electron chi connectivity index (χ1n) is 7.55. The van der Waals surface area contributed by atoms with E-state index in [-0.39, 0.29) is 12.3 Å². The number of rotatable bonds is 5. The van der Waals surface area contributed by atoms with Gasteiger partial charge in [-0.1, -0.05) is 19.3 Å². The van der Waals surface area contributed by atoms with Gasteiger partial charge < -0.3 is 9.84 Å². The number of hydrogen-bond donors (Lipinski definition) is 2. The maximum Gasteiger partial charge on any atom is 0.461 e. The molecule has 0 heterocycles. The highest BCUT2D eigenvalue weighted by Crippen LogP contribution is 2.38. The molecule has 22 heavy (non-hydrogen) atoms. The van der Waals surface area contributed by atoms with Gasteiger partial charge in [-0.15, -0.1) is 0 Å². The average molecular weight is 332 g/mol. The summed E-state index contributed by atoms with van der Waals surface area (Å²) >= 11 is 0. The van der Waals surface area contributed by atoms with Gasteiger partial charge in [0.25, 0.3) is 0 Å². The van der Waals surface area contributed by atoms with Gasteiger partial charge in [-0.2, -0.15) is 4.72 Å². The molecule has 7 nitrogen and oxygen atoms in total. The van der Waals surface area contributed by atoms with Crippen molar-refractivity contribution in [2.24, 2.45) is 0 Å². The molecule has 1 fully saturated rings. The van der Waals surface area contributed by atoms with Crippen molar-refractivity contribution in [3.05, 3.63) is 16.6 Å². The van der Waals surface area contributed by atoms with Crippen LogP contribution in [0.4, 0.5) is 0 Å². The minimum atomic E-state index is -3.68. The lowest BCUT2D eigenvalue weighted by Crippen LogP contribution is -2.55. The molecule has 0 radical (unpaired) electrons. The highest BCUT2D eigenvalue weighted by atomic mass is 32.2. The molecular weight excluding hydrogens is 306 g/mol. The average Bonchev–Trinajstić information content (AvgIpc) is 2.38. The van der Waals surface area contributed by atoms with Crippen LogP contribution in [0.1, 0.15) is 59.8 Å². The summed E-state index contributed by atoms with van der Waals surface area (Å²) in [4.78, 5) is 3.15. The van der Waals surface area contributed by atoms with Crippen LogP contribution in [0.25, 0.3) is 4.98 Å². The summed E-state index contributed by atoms with van der Waals surface area (Å²) in [6.45, 7) is 6.64. The third-order valence-electron chi connectivity index (χ3n) is 3.88. The number of nitrogens with one attached hydrogen (secondary N) is 1. The predicted molar refractivity (Wildman–Crippen MR) is 84.0 cm³/mol. The molecule has 1 aliphatic rings. The third-order valence-corrected chi connectivity index (χ3v) is 6.15. The Morgan fingerprint density at radius 3 is 2.27 bits per heavy atom. The zero-order valence-electron chi connectivity index (χ0n) is 13.7. The van der Waals surface area contributed by atoms with Crippen molar-refractivity contribution in [1.29, 1.82) is 5.39 Å². The van der Waals surface area contributed by atoms with Crippen molar-refractivity contribution in [3.63, 3.8) is 0 Å². The molecule has 126 valence electrons. The van der Waals surface area contributed by atoms with Gasteiger partial charge in [0.05, 0.1) is 11.4 Å². The molecule has 2 N–H and O–H groups in total. The summed E-state index contributed by atoms with van der Waals surface area (Å²) in [6, 6.07) is 0. The van der Waals surface area contributed by atoms with Gasteiger partial charge in [-0.05, 0) is 40.5 Å². The number of hydrogen-bond acceptors (Lipinski definition) is 5. The Labute approximate surface area is 132 Å². The maximum atomic E-state index is 12.5. The third kappa shape index (κ3) is 3.90. The van der Waals surface area contributed by atoms with Crippen molar-refractivity contribution in [3.8, 4) is 0 Å². The van der Waals surface area contributed by atoms with Gasteiger partial charge in [0, 0.05) is 0 Å². The summed E-state index contributed by atoms with van der Waals surface area (Å²) in [5, 5.41) is 19.3. The minimum absolute atomic E-state index is 0.151. The van der Waals surface area contributed by atoms with Crippen molar-refractivity contribution < 1.29 is 18.3 Å². The first kappa shape index (κ1) is 18.7. The van der Waals surface area contributed by atoms with Crippen LogP contribution in [0, 0.1) is 5.39 Å². The SMILES string of the molecule is CCO/C(O)=C(\[N+]#N)C1(NS(=O)(=O)C(C)(C)C)CCCCC1. The molecule has 0 aromatic rings. The molecule has 0 atom stereocenters. The van der Waals surface area contributed by atoms with E-state index in [4.69, 9.17) is 4.74 Å². The molecule has 1 rings (SSSR count). The first-order valence-corrected chi connectivity index (χ1v) is 9.03. The van der Waals surface area contributed by atoms with E-state index in [1.165, 1.54) is 0 Å². The van der Waals surface area contributed by atoms with Crippen LogP contribution in [0.15, 0.2) is 11.6 Å². The van der Waals surface area contributed by atoms with Crippen molar-refractivity contribution in [1.82, 2.24) is 4.72 Å². The van der Waals surface area contributed by atoms with E-state index in [2.05, 4.69) is 9.70 Å². The second-order valence-corrected chi connectivity index (χ2v) is 8.98. The van der Waals surface area contributed by atoms with Gasteiger partial charge in [-0.3, -0.25) is 0 Å². The van der Waals surface area contributed by atoms with Gasteiger partial charge in [0.2, 0.25) is 15.4 Å². The summed E-state index contributed by atoms with van der Waals surface area (Å²) in [6.07, 6.45) is 3.39. The maximum absolute atomic E-state index is 12.5. The largest absolute Gasteiger partial charge is 0.475 e. The van der Waals surface area contributed by atoms with Gasteiger partial charge in [0.15, 0.2) is 4.98 Å². The fourth-order valence-electron chi connectivity index (χ4n) is 2.50. The van der Waals surface area contributed by atoms with Crippen LogP contribution in [0.3, 0.4) is 0 Å². The first-order chi connectivity index (χ1) is 10.1. The number of aliphatic hydroxyl groups excluding tert-OH is 1. The Hall–Kier alpha value is -1.33. The summed E-state index contributed by atoms with van der Waals surface area (Å²) in [5.74, 6) is -0.538. The Morgan fingerprint density at radius 2 is 1.86 bits per heavy atom. The van der Waals surface area contributed by atoms with Crippen LogP contribution >= 0.6 is 0 Å².